The van der Waals surface area contributed by atoms with Gasteiger partial charge in [0.05, 0.1) is 5.69 Å². The van der Waals surface area contributed by atoms with E-state index in [1.165, 1.54) is 9.26 Å². The molecular formula is C6H9IN2. The second-order valence-electron chi connectivity index (χ2n) is 2.12. The molecule has 0 unspecified atom stereocenters. The van der Waals surface area contributed by atoms with Crippen LogP contribution in [-0.2, 0) is 7.05 Å². The molecule has 0 amide bonds. The molecule has 0 aliphatic heterocycles. The van der Waals surface area contributed by atoms with Crippen molar-refractivity contribution in [2.45, 2.75) is 13.8 Å². The minimum atomic E-state index is 1.13. The third kappa shape index (κ3) is 1.10. The molecule has 1 heterocycles. The number of hydrogen-bond donors (Lipinski definition) is 0. The van der Waals surface area contributed by atoms with Crippen LogP contribution >= 0.6 is 22.6 Å². The predicted molar refractivity (Wildman–Crippen MR) is 45.4 cm³/mol. The second kappa shape index (κ2) is 2.28. The van der Waals surface area contributed by atoms with Crippen molar-refractivity contribution in [3.8, 4) is 0 Å². The smallest absolute Gasteiger partial charge is 0.102 e. The van der Waals surface area contributed by atoms with Crippen LogP contribution in [0.1, 0.15) is 11.3 Å². The van der Waals surface area contributed by atoms with Gasteiger partial charge in [-0.3, -0.25) is 4.68 Å². The van der Waals surface area contributed by atoms with E-state index in [1.54, 1.807) is 0 Å². The monoisotopic (exact) mass is 236 g/mol. The third-order valence-electron chi connectivity index (χ3n) is 1.44. The van der Waals surface area contributed by atoms with Crippen LogP contribution < -0.4 is 0 Å². The van der Waals surface area contributed by atoms with E-state index in [4.69, 9.17) is 0 Å². The molecule has 2 nitrogen and oxygen atoms in total. The molecule has 0 spiro atoms. The Kier molecular flexibility index (Phi) is 1.79. The van der Waals surface area contributed by atoms with Gasteiger partial charge >= 0.3 is 0 Å². The molecule has 0 aromatic carbocycles. The van der Waals surface area contributed by atoms with Crippen LogP contribution in [0, 0.1) is 17.5 Å². The zero-order chi connectivity index (χ0) is 7.02. The van der Waals surface area contributed by atoms with Gasteiger partial charge in [0, 0.05) is 12.6 Å². The Balaban J connectivity index is 3.29. The highest BCUT2D eigenvalue weighted by atomic mass is 127. The first kappa shape index (κ1) is 7.05. The van der Waals surface area contributed by atoms with Gasteiger partial charge in [0.1, 0.15) is 3.70 Å². The average molecular weight is 236 g/mol. The Morgan fingerprint density at radius 3 is 2.11 bits per heavy atom. The number of halogens is 1. The number of hydrogen-bond acceptors (Lipinski definition) is 1. The lowest BCUT2D eigenvalue weighted by Crippen LogP contribution is -1.92. The van der Waals surface area contributed by atoms with Gasteiger partial charge in [-0.15, -0.1) is 0 Å². The van der Waals surface area contributed by atoms with Gasteiger partial charge in [0.2, 0.25) is 0 Å². The largest absolute Gasteiger partial charge is 0.262 e. The van der Waals surface area contributed by atoms with Gasteiger partial charge in [-0.25, -0.2) is 0 Å². The fourth-order valence-electron chi connectivity index (χ4n) is 0.736. The Morgan fingerprint density at radius 2 is 2.00 bits per heavy atom. The van der Waals surface area contributed by atoms with Gasteiger partial charge in [-0.05, 0) is 36.4 Å². The molecule has 0 saturated carbocycles. The summed E-state index contributed by atoms with van der Waals surface area (Å²) >= 11 is 2.29. The SMILES string of the molecule is Cc1nn(C)c(I)c1C. The molecule has 9 heavy (non-hydrogen) atoms. The minimum Gasteiger partial charge on any atom is -0.262 e. The summed E-state index contributed by atoms with van der Waals surface area (Å²) in [5.41, 5.74) is 2.42. The predicted octanol–water partition coefficient (Wildman–Crippen LogP) is 1.64. The topological polar surface area (TPSA) is 17.8 Å². The van der Waals surface area contributed by atoms with Crippen molar-refractivity contribution in [2.24, 2.45) is 7.05 Å². The van der Waals surface area contributed by atoms with Crippen LogP contribution in [0.5, 0.6) is 0 Å². The fraction of sp³-hybridized carbons (Fsp3) is 0.500. The summed E-state index contributed by atoms with van der Waals surface area (Å²) in [7, 11) is 1.96. The van der Waals surface area contributed by atoms with E-state index in [2.05, 4.69) is 34.6 Å². The molecule has 0 aliphatic rings. The van der Waals surface area contributed by atoms with Crippen LogP contribution in [0.2, 0.25) is 0 Å². The summed E-state index contributed by atoms with van der Waals surface area (Å²) in [4.78, 5) is 0. The number of aryl methyl sites for hydroxylation is 2. The Hall–Kier alpha value is -0.0600. The number of rotatable bonds is 0. The molecule has 0 bridgehead atoms. The molecule has 0 aliphatic carbocycles. The summed E-state index contributed by atoms with van der Waals surface area (Å²) in [6.45, 7) is 4.11. The highest BCUT2D eigenvalue weighted by Crippen LogP contribution is 2.12. The molecule has 0 fully saturated rings. The van der Waals surface area contributed by atoms with Crippen molar-refractivity contribution >= 4 is 22.6 Å². The molecule has 1 aromatic heterocycles. The third-order valence-corrected chi connectivity index (χ3v) is 2.94. The van der Waals surface area contributed by atoms with E-state index in [1.807, 2.05) is 18.7 Å². The first-order valence-corrected chi connectivity index (χ1v) is 3.86. The zero-order valence-corrected chi connectivity index (χ0v) is 7.93. The lowest BCUT2D eigenvalue weighted by molar-refractivity contribution is 0.737. The first-order chi connectivity index (χ1) is 4.13. The molecule has 1 rings (SSSR count). The van der Waals surface area contributed by atoms with Crippen molar-refractivity contribution in [2.75, 3.05) is 0 Å². The quantitative estimate of drug-likeness (QED) is 0.626. The van der Waals surface area contributed by atoms with Crippen molar-refractivity contribution < 1.29 is 0 Å². The highest BCUT2D eigenvalue weighted by Gasteiger charge is 2.03. The van der Waals surface area contributed by atoms with Crippen LogP contribution in [-0.4, -0.2) is 9.78 Å². The zero-order valence-electron chi connectivity index (χ0n) is 5.77. The fourth-order valence-corrected chi connectivity index (χ4v) is 1.23. The van der Waals surface area contributed by atoms with E-state index in [0.717, 1.165) is 5.69 Å². The molecular weight excluding hydrogens is 227 g/mol. The van der Waals surface area contributed by atoms with Crippen LogP contribution in [0.4, 0.5) is 0 Å². The summed E-state index contributed by atoms with van der Waals surface area (Å²) < 4.78 is 3.12. The van der Waals surface area contributed by atoms with E-state index >= 15 is 0 Å². The van der Waals surface area contributed by atoms with Crippen LogP contribution in [0.3, 0.4) is 0 Å². The van der Waals surface area contributed by atoms with Crippen molar-refractivity contribution in [3.63, 3.8) is 0 Å². The molecule has 0 saturated heterocycles. The molecule has 0 atom stereocenters. The molecule has 0 radical (unpaired) electrons. The maximum atomic E-state index is 4.22. The highest BCUT2D eigenvalue weighted by molar-refractivity contribution is 14.1. The average Bonchev–Trinajstić information content (AvgIpc) is 1.98. The lowest BCUT2D eigenvalue weighted by Gasteiger charge is -1.88. The van der Waals surface area contributed by atoms with E-state index in [9.17, 15) is 0 Å². The first-order valence-electron chi connectivity index (χ1n) is 2.78. The van der Waals surface area contributed by atoms with Crippen LogP contribution in [0.15, 0.2) is 0 Å². The molecule has 50 valence electrons. The summed E-state index contributed by atoms with van der Waals surface area (Å²) in [6, 6.07) is 0. The number of nitrogens with zero attached hydrogens (tertiary/aromatic N) is 2. The summed E-state index contributed by atoms with van der Waals surface area (Å²) in [6.07, 6.45) is 0. The van der Waals surface area contributed by atoms with Crippen molar-refractivity contribution in [1.82, 2.24) is 9.78 Å². The summed E-state index contributed by atoms with van der Waals surface area (Å²) in [5.74, 6) is 0. The maximum Gasteiger partial charge on any atom is 0.102 e. The molecule has 1 aromatic rings. The van der Waals surface area contributed by atoms with Gasteiger partial charge in [0.25, 0.3) is 0 Å². The second-order valence-corrected chi connectivity index (χ2v) is 3.15. The Bertz CT molecular complexity index is 205. The Morgan fingerprint density at radius 1 is 1.44 bits per heavy atom. The van der Waals surface area contributed by atoms with E-state index in [-0.39, 0.29) is 0 Å². The van der Waals surface area contributed by atoms with Gasteiger partial charge < -0.3 is 0 Å². The van der Waals surface area contributed by atoms with E-state index < -0.39 is 0 Å². The van der Waals surface area contributed by atoms with E-state index in [0.29, 0.717) is 0 Å². The Labute approximate surface area is 68.4 Å². The minimum absolute atomic E-state index is 1.13. The van der Waals surface area contributed by atoms with Gasteiger partial charge in [-0.2, -0.15) is 5.10 Å². The van der Waals surface area contributed by atoms with Gasteiger partial charge in [0.15, 0.2) is 0 Å². The molecule has 0 N–H and O–H groups in total. The standard InChI is InChI=1S/C6H9IN2/c1-4-5(2)8-9(3)6(4)7/h1-3H3. The normalized spacial score (nSPS) is 10.2. The maximum absolute atomic E-state index is 4.22. The number of aromatic nitrogens is 2. The van der Waals surface area contributed by atoms with Gasteiger partial charge in [-0.1, -0.05) is 0 Å². The summed E-state index contributed by atoms with van der Waals surface area (Å²) in [5, 5.41) is 4.22. The lowest BCUT2D eigenvalue weighted by atomic mass is 10.3. The van der Waals surface area contributed by atoms with Crippen molar-refractivity contribution in [1.29, 1.82) is 0 Å². The van der Waals surface area contributed by atoms with Crippen molar-refractivity contribution in [3.05, 3.63) is 15.0 Å². The van der Waals surface area contributed by atoms with Crippen LogP contribution in [0.25, 0.3) is 0 Å². The molecule has 3 heteroatoms.